The molecule has 29 heavy (non-hydrogen) atoms. The molecule has 8 heteroatoms. The number of benzene rings is 2. The van der Waals surface area contributed by atoms with Gasteiger partial charge in [-0.1, -0.05) is 47.7 Å². The fourth-order valence-electron chi connectivity index (χ4n) is 3.66. The highest BCUT2D eigenvalue weighted by molar-refractivity contribution is 7.13. The molecule has 1 aliphatic rings. The van der Waals surface area contributed by atoms with Crippen molar-refractivity contribution in [1.82, 2.24) is 24.8 Å². The van der Waals surface area contributed by atoms with Gasteiger partial charge < -0.3 is 4.74 Å². The summed E-state index contributed by atoms with van der Waals surface area (Å²) in [6.07, 6.45) is 2.01. The molecule has 0 bridgehead atoms. The summed E-state index contributed by atoms with van der Waals surface area (Å²) in [7, 11) is 1.58. The van der Waals surface area contributed by atoms with Crippen molar-refractivity contribution in [1.29, 1.82) is 0 Å². The summed E-state index contributed by atoms with van der Waals surface area (Å²) < 4.78 is 8.59. The Morgan fingerprint density at radius 1 is 1.10 bits per heavy atom. The van der Waals surface area contributed by atoms with Crippen LogP contribution < -0.4 is 10.4 Å². The van der Waals surface area contributed by atoms with Crippen LogP contribution in [0.2, 0.25) is 0 Å². The van der Waals surface area contributed by atoms with Crippen molar-refractivity contribution >= 4 is 11.3 Å². The third-order valence-electron chi connectivity index (χ3n) is 5.25. The Morgan fingerprint density at radius 2 is 1.97 bits per heavy atom. The van der Waals surface area contributed by atoms with Gasteiger partial charge in [-0.2, -0.15) is 9.36 Å². The van der Waals surface area contributed by atoms with Crippen LogP contribution in [-0.2, 0) is 26.5 Å². The molecule has 0 spiro atoms. The first-order valence-corrected chi connectivity index (χ1v) is 10.2. The number of ether oxygens (including phenoxy) is 1. The van der Waals surface area contributed by atoms with E-state index in [1.165, 1.54) is 25.4 Å². The number of hydrogen-bond acceptors (Lipinski definition) is 6. The monoisotopic (exact) mass is 405 g/mol. The molecule has 146 valence electrons. The SMILES string of the molecule is Cc1cccc(-n2nnn(C)c2=O)c1COc1nc2c(s1)CCc1ccccc1-2. The summed E-state index contributed by atoms with van der Waals surface area (Å²) >= 11 is 1.60. The molecule has 0 aliphatic heterocycles. The zero-order chi connectivity index (χ0) is 20.0. The normalized spacial score (nSPS) is 12.5. The summed E-state index contributed by atoms with van der Waals surface area (Å²) in [6, 6.07) is 14.1. The van der Waals surface area contributed by atoms with E-state index in [9.17, 15) is 4.79 Å². The van der Waals surface area contributed by atoms with Crippen molar-refractivity contribution < 1.29 is 4.74 Å². The van der Waals surface area contributed by atoms with Crippen LogP contribution in [0, 0.1) is 6.92 Å². The Hall–Kier alpha value is -3.26. The highest BCUT2D eigenvalue weighted by Gasteiger charge is 2.21. The number of rotatable bonds is 4. The van der Waals surface area contributed by atoms with Gasteiger partial charge in [-0.3, -0.25) is 0 Å². The molecule has 0 amide bonds. The number of aromatic nitrogens is 5. The van der Waals surface area contributed by atoms with Crippen LogP contribution >= 0.6 is 11.3 Å². The average molecular weight is 405 g/mol. The molecule has 1 aliphatic carbocycles. The number of tetrazole rings is 1. The van der Waals surface area contributed by atoms with Crippen LogP contribution in [0.1, 0.15) is 21.6 Å². The summed E-state index contributed by atoms with van der Waals surface area (Å²) in [5, 5.41) is 8.43. The van der Waals surface area contributed by atoms with E-state index < -0.39 is 0 Å². The van der Waals surface area contributed by atoms with Gasteiger partial charge in [-0.25, -0.2) is 9.78 Å². The minimum Gasteiger partial charge on any atom is -0.465 e. The molecular formula is C21H19N5O2S. The highest BCUT2D eigenvalue weighted by atomic mass is 32.1. The second kappa shape index (κ2) is 6.97. The van der Waals surface area contributed by atoms with Gasteiger partial charge in [-0.05, 0) is 47.4 Å². The van der Waals surface area contributed by atoms with Crippen molar-refractivity contribution in [2.24, 2.45) is 7.05 Å². The standard InChI is InChI=1S/C21H19N5O2S/c1-13-6-5-9-17(26-21(27)25(2)23-24-26)16(13)12-28-20-22-19-15-8-4-3-7-14(15)10-11-18(19)29-20/h3-9H,10-12H2,1-2H3. The third-order valence-corrected chi connectivity index (χ3v) is 6.27. The maximum atomic E-state index is 12.3. The molecule has 0 unspecified atom stereocenters. The highest BCUT2D eigenvalue weighted by Crippen LogP contribution is 2.39. The van der Waals surface area contributed by atoms with E-state index in [4.69, 9.17) is 9.72 Å². The lowest BCUT2D eigenvalue weighted by Gasteiger charge is -2.13. The molecule has 4 aromatic rings. The lowest BCUT2D eigenvalue weighted by Crippen LogP contribution is -2.23. The van der Waals surface area contributed by atoms with E-state index in [1.54, 1.807) is 18.4 Å². The van der Waals surface area contributed by atoms with Crippen LogP contribution in [0.25, 0.3) is 16.9 Å². The molecule has 7 nitrogen and oxygen atoms in total. The Labute approximate surface area is 171 Å². The van der Waals surface area contributed by atoms with Gasteiger partial charge in [0.15, 0.2) is 0 Å². The lowest BCUT2D eigenvalue weighted by atomic mass is 9.94. The second-order valence-corrected chi connectivity index (χ2v) is 8.11. The van der Waals surface area contributed by atoms with Gasteiger partial charge in [0.1, 0.15) is 6.61 Å². The van der Waals surface area contributed by atoms with Crippen LogP contribution in [0.4, 0.5) is 0 Å². The van der Waals surface area contributed by atoms with Crippen LogP contribution in [0.3, 0.4) is 0 Å². The van der Waals surface area contributed by atoms with E-state index in [0.717, 1.165) is 29.7 Å². The van der Waals surface area contributed by atoms with Gasteiger partial charge in [0.25, 0.3) is 5.19 Å². The van der Waals surface area contributed by atoms with Crippen LogP contribution in [-0.4, -0.2) is 24.8 Å². The van der Waals surface area contributed by atoms with Gasteiger partial charge in [-0.15, -0.1) is 0 Å². The fourth-order valence-corrected chi connectivity index (χ4v) is 4.58. The summed E-state index contributed by atoms with van der Waals surface area (Å²) in [5.74, 6) is 0. The molecule has 0 saturated carbocycles. The Kier molecular flexibility index (Phi) is 4.28. The van der Waals surface area contributed by atoms with Gasteiger partial charge in [0.05, 0.1) is 11.4 Å². The van der Waals surface area contributed by atoms with Gasteiger partial charge in [0, 0.05) is 23.1 Å². The minimum absolute atomic E-state index is 0.293. The molecule has 0 radical (unpaired) electrons. The van der Waals surface area contributed by atoms with E-state index in [-0.39, 0.29) is 5.69 Å². The quantitative estimate of drug-likeness (QED) is 0.522. The third kappa shape index (κ3) is 3.05. The van der Waals surface area contributed by atoms with Crippen molar-refractivity contribution in [2.75, 3.05) is 0 Å². The Bertz CT molecular complexity index is 1270. The fraction of sp³-hybridized carbons (Fsp3) is 0.238. The molecule has 0 N–H and O–H groups in total. The summed E-state index contributed by atoms with van der Waals surface area (Å²) in [6.45, 7) is 2.30. The zero-order valence-electron chi connectivity index (χ0n) is 16.1. The molecular weight excluding hydrogens is 386 g/mol. The van der Waals surface area contributed by atoms with Gasteiger partial charge in [0.2, 0.25) is 0 Å². The number of thiazole rings is 1. The summed E-state index contributed by atoms with van der Waals surface area (Å²) in [5.41, 5.74) is 5.85. The smallest absolute Gasteiger partial charge is 0.368 e. The summed E-state index contributed by atoms with van der Waals surface area (Å²) in [4.78, 5) is 18.3. The number of fused-ring (bicyclic) bond motifs is 3. The number of hydrogen-bond donors (Lipinski definition) is 0. The van der Waals surface area contributed by atoms with E-state index in [2.05, 4.69) is 28.6 Å². The molecule has 0 atom stereocenters. The predicted octanol–water partition coefficient (Wildman–Crippen LogP) is 3.08. The Morgan fingerprint density at radius 3 is 2.79 bits per heavy atom. The lowest BCUT2D eigenvalue weighted by molar-refractivity contribution is 0.303. The first-order valence-electron chi connectivity index (χ1n) is 9.40. The first kappa shape index (κ1) is 17.8. The molecule has 0 fully saturated rings. The maximum absolute atomic E-state index is 12.3. The second-order valence-electron chi connectivity index (χ2n) is 7.07. The van der Waals surface area contributed by atoms with Crippen molar-refractivity contribution in [3.63, 3.8) is 0 Å². The van der Waals surface area contributed by atoms with Crippen LogP contribution in [0.5, 0.6) is 5.19 Å². The maximum Gasteiger partial charge on any atom is 0.368 e. The zero-order valence-corrected chi connectivity index (χ0v) is 16.9. The average Bonchev–Trinajstić information content (AvgIpc) is 3.30. The van der Waals surface area contributed by atoms with Crippen molar-refractivity contribution in [3.05, 3.63) is 74.5 Å². The van der Waals surface area contributed by atoms with E-state index in [0.29, 0.717) is 17.5 Å². The van der Waals surface area contributed by atoms with Crippen molar-refractivity contribution in [2.45, 2.75) is 26.4 Å². The van der Waals surface area contributed by atoms with Crippen molar-refractivity contribution in [3.8, 4) is 22.1 Å². The number of aryl methyl sites for hydroxylation is 4. The van der Waals surface area contributed by atoms with E-state index >= 15 is 0 Å². The van der Waals surface area contributed by atoms with Gasteiger partial charge >= 0.3 is 5.69 Å². The molecule has 5 rings (SSSR count). The molecule has 2 heterocycles. The molecule has 2 aromatic carbocycles. The Balaban J connectivity index is 1.46. The predicted molar refractivity (Wildman–Crippen MR) is 111 cm³/mol. The molecule has 2 aromatic heterocycles. The number of nitrogens with zero attached hydrogens (tertiary/aromatic N) is 5. The largest absolute Gasteiger partial charge is 0.465 e. The van der Waals surface area contributed by atoms with E-state index in [1.807, 2.05) is 31.2 Å². The van der Waals surface area contributed by atoms with Crippen LogP contribution in [0.15, 0.2) is 47.3 Å². The minimum atomic E-state index is -0.293. The molecule has 0 saturated heterocycles. The topological polar surface area (TPSA) is 74.8 Å². The first-order chi connectivity index (χ1) is 14.1.